The first-order valence-electron chi connectivity index (χ1n) is 9.46. The summed E-state index contributed by atoms with van der Waals surface area (Å²) in [5.74, 6) is -0.380. The second-order valence-corrected chi connectivity index (χ2v) is 11.1. The SMILES string of the molecule is CCn1nc(C(=O)C[C@H]2NC(=O)[C@@H]2[C@@](C)(O[SiH](C)C)C(C)(C)C)cc1C. The maximum Gasteiger partial charge on any atom is 0.228 e. The summed E-state index contributed by atoms with van der Waals surface area (Å²) in [6.45, 7) is 17.2. The second-order valence-electron chi connectivity index (χ2n) is 8.73. The fraction of sp³-hybridized carbons (Fsp3) is 0.737. The normalized spacial score (nSPS) is 22.7. The number of nitrogens with zero attached hydrogens (tertiary/aromatic N) is 2. The van der Waals surface area contributed by atoms with E-state index < -0.39 is 14.6 Å². The van der Waals surface area contributed by atoms with E-state index in [1.165, 1.54) is 0 Å². The van der Waals surface area contributed by atoms with Crippen LogP contribution >= 0.6 is 0 Å². The van der Waals surface area contributed by atoms with Crippen LogP contribution < -0.4 is 5.32 Å². The molecular formula is C19H33N3O3Si. The number of hydrogen-bond acceptors (Lipinski definition) is 4. The molecule has 146 valence electrons. The van der Waals surface area contributed by atoms with Gasteiger partial charge in [0.1, 0.15) is 5.69 Å². The van der Waals surface area contributed by atoms with E-state index >= 15 is 0 Å². The van der Waals surface area contributed by atoms with Crippen LogP contribution in [0.3, 0.4) is 0 Å². The number of carbonyl (C=O) groups excluding carboxylic acids is 2. The van der Waals surface area contributed by atoms with Crippen LogP contribution in [0.1, 0.15) is 57.2 Å². The van der Waals surface area contributed by atoms with Crippen LogP contribution in [-0.2, 0) is 15.8 Å². The van der Waals surface area contributed by atoms with E-state index in [1.807, 2.05) is 31.5 Å². The summed E-state index contributed by atoms with van der Waals surface area (Å²) in [4.78, 5) is 25.2. The van der Waals surface area contributed by atoms with Gasteiger partial charge in [-0.2, -0.15) is 5.10 Å². The standard InChI is InChI=1S/C19H33N3O3Si/c1-9-22-12(2)10-13(21-22)15(23)11-14-16(17(24)20-14)19(6,18(3,4)5)25-26(7)8/h10,14,16,26H,9,11H2,1-8H3,(H,20,24)/t14-,16-,19-/m1/s1. The molecule has 0 radical (unpaired) electrons. The molecule has 0 saturated carbocycles. The lowest BCUT2D eigenvalue weighted by Crippen LogP contribution is -2.70. The van der Waals surface area contributed by atoms with Crippen molar-refractivity contribution in [3.8, 4) is 0 Å². The summed E-state index contributed by atoms with van der Waals surface area (Å²) in [6.07, 6.45) is 0.255. The summed E-state index contributed by atoms with van der Waals surface area (Å²) in [5.41, 5.74) is 0.632. The molecule has 0 aliphatic carbocycles. The number of amides is 1. The van der Waals surface area contributed by atoms with Gasteiger partial charge in [0.05, 0.1) is 17.6 Å². The number of aryl methyl sites for hydroxylation is 2. The first-order valence-corrected chi connectivity index (χ1v) is 12.2. The predicted molar refractivity (Wildman–Crippen MR) is 105 cm³/mol. The van der Waals surface area contributed by atoms with Gasteiger partial charge in [0.25, 0.3) is 0 Å². The highest BCUT2D eigenvalue weighted by atomic mass is 28.3. The molecule has 0 unspecified atom stereocenters. The predicted octanol–water partition coefficient (Wildman–Crippen LogP) is 2.70. The molecule has 1 aliphatic rings. The van der Waals surface area contributed by atoms with Crippen molar-refractivity contribution in [1.29, 1.82) is 0 Å². The number of Topliss-reactive ketones (excluding diaryl/α,β-unsaturated/α-hetero) is 1. The Kier molecular flexibility index (Phi) is 5.82. The third kappa shape index (κ3) is 3.78. The minimum Gasteiger partial charge on any atom is -0.414 e. The lowest BCUT2D eigenvalue weighted by Gasteiger charge is -2.54. The molecule has 6 nitrogen and oxygen atoms in total. The third-order valence-electron chi connectivity index (χ3n) is 5.55. The zero-order valence-electron chi connectivity index (χ0n) is 17.3. The molecule has 1 aliphatic heterocycles. The lowest BCUT2D eigenvalue weighted by molar-refractivity contribution is -0.158. The number of rotatable bonds is 7. The smallest absolute Gasteiger partial charge is 0.228 e. The molecule has 2 heterocycles. The van der Waals surface area contributed by atoms with E-state index in [1.54, 1.807) is 0 Å². The molecule has 0 aromatic carbocycles. The Labute approximate surface area is 158 Å². The lowest BCUT2D eigenvalue weighted by atomic mass is 9.64. The van der Waals surface area contributed by atoms with Crippen LogP contribution in [-0.4, -0.2) is 42.2 Å². The zero-order valence-corrected chi connectivity index (χ0v) is 18.5. The highest BCUT2D eigenvalue weighted by molar-refractivity contribution is 6.48. The van der Waals surface area contributed by atoms with Gasteiger partial charge in [0.2, 0.25) is 5.91 Å². The van der Waals surface area contributed by atoms with Crippen LogP contribution in [0.4, 0.5) is 0 Å². The fourth-order valence-electron chi connectivity index (χ4n) is 3.72. The fourth-order valence-corrected chi connectivity index (χ4v) is 5.20. The van der Waals surface area contributed by atoms with Gasteiger partial charge in [-0.15, -0.1) is 0 Å². The van der Waals surface area contributed by atoms with Gasteiger partial charge < -0.3 is 9.74 Å². The monoisotopic (exact) mass is 379 g/mol. The number of ketones is 1. The van der Waals surface area contributed by atoms with E-state index in [-0.39, 0.29) is 35.5 Å². The molecule has 1 aromatic heterocycles. The van der Waals surface area contributed by atoms with E-state index in [2.05, 4.69) is 44.3 Å². The van der Waals surface area contributed by atoms with Crippen molar-refractivity contribution in [1.82, 2.24) is 15.1 Å². The molecule has 7 heteroatoms. The van der Waals surface area contributed by atoms with E-state index in [0.29, 0.717) is 5.69 Å². The summed E-state index contributed by atoms with van der Waals surface area (Å²) >= 11 is 0. The molecule has 0 spiro atoms. The van der Waals surface area contributed by atoms with Crippen molar-refractivity contribution in [2.24, 2.45) is 11.3 Å². The first kappa shape index (κ1) is 20.8. The number of carbonyl (C=O) groups is 2. The molecule has 0 bridgehead atoms. The van der Waals surface area contributed by atoms with Gasteiger partial charge in [-0.3, -0.25) is 14.3 Å². The van der Waals surface area contributed by atoms with Crippen molar-refractivity contribution in [3.63, 3.8) is 0 Å². The average Bonchev–Trinajstić information content (AvgIpc) is 2.85. The molecular weight excluding hydrogens is 346 g/mol. The summed E-state index contributed by atoms with van der Waals surface area (Å²) in [7, 11) is -1.37. The summed E-state index contributed by atoms with van der Waals surface area (Å²) < 4.78 is 8.20. The van der Waals surface area contributed by atoms with Gasteiger partial charge in [-0.1, -0.05) is 20.8 Å². The van der Waals surface area contributed by atoms with Gasteiger partial charge in [0, 0.05) is 18.7 Å². The van der Waals surface area contributed by atoms with Crippen molar-refractivity contribution < 1.29 is 14.0 Å². The van der Waals surface area contributed by atoms with Gasteiger partial charge in [0.15, 0.2) is 14.8 Å². The topological polar surface area (TPSA) is 73.2 Å². The number of nitrogens with one attached hydrogen (secondary N) is 1. The maximum absolute atomic E-state index is 12.7. The molecule has 3 atom stereocenters. The van der Waals surface area contributed by atoms with Crippen LogP contribution in [0.2, 0.25) is 13.1 Å². The molecule has 1 saturated heterocycles. The maximum atomic E-state index is 12.7. The largest absolute Gasteiger partial charge is 0.414 e. The molecule has 1 N–H and O–H groups in total. The summed E-state index contributed by atoms with van der Waals surface area (Å²) in [6, 6.07) is 1.61. The van der Waals surface area contributed by atoms with E-state index in [4.69, 9.17) is 4.43 Å². The average molecular weight is 380 g/mol. The Balaban J connectivity index is 2.21. The minimum atomic E-state index is -1.37. The van der Waals surface area contributed by atoms with E-state index in [0.717, 1.165) is 12.2 Å². The Morgan fingerprint density at radius 1 is 1.35 bits per heavy atom. The Morgan fingerprint density at radius 3 is 2.38 bits per heavy atom. The van der Waals surface area contributed by atoms with Crippen LogP contribution in [0.25, 0.3) is 0 Å². The summed E-state index contributed by atoms with van der Waals surface area (Å²) in [5, 5.41) is 7.29. The molecule has 2 rings (SSSR count). The first-order chi connectivity index (χ1) is 11.9. The number of aromatic nitrogens is 2. The Bertz CT molecular complexity index is 693. The quantitative estimate of drug-likeness (QED) is 0.449. The second kappa shape index (κ2) is 7.27. The van der Waals surface area contributed by atoms with Crippen molar-refractivity contribution in [2.45, 2.75) is 79.2 Å². The third-order valence-corrected chi connectivity index (χ3v) is 6.51. The van der Waals surface area contributed by atoms with Crippen molar-refractivity contribution >= 4 is 20.7 Å². The highest BCUT2D eigenvalue weighted by Gasteiger charge is 2.57. The molecule has 1 fully saturated rings. The minimum absolute atomic E-state index is 0.0230. The van der Waals surface area contributed by atoms with Gasteiger partial charge >= 0.3 is 0 Å². The van der Waals surface area contributed by atoms with Crippen LogP contribution in [0.5, 0.6) is 0 Å². The van der Waals surface area contributed by atoms with Crippen molar-refractivity contribution in [2.75, 3.05) is 0 Å². The van der Waals surface area contributed by atoms with Gasteiger partial charge in [-0.05, 0) is 45.3 Å². The molecule has 26 heavy (non-hydrogen) atoms. The molecule has 1 amide bonds. The Morgan fingerprint density at radius 2 is 1.96 bits per heavy atom. The van der Waals surface area contributed by atoms with Crippen molar-refractivity contribution in [3.05, 3.63) is 17.5 Å². The zero-order chi connectivity index (χ0) is 19.9. The Hall–Kier alpha value is -1.47. The van der Waals surface area contributed by atoms with E-state index in [9.17, 15) is 9.59 Å². The number of hydrogen-bond donors (Lipinski definition) is 1. The number of β-lactam (4-membered cyclic amide) rings is 1. The molecule has 1 aromatic rings. The van der Waals surface area contributed by atoms with Crippen LogP contribution in [0.15, 0.2) is 6.07 Å². The van der Waals surface area contributed by atoms with Gasteiger partial charge in [-0.25, -0.2) is 0 Å². The van der Waals surface area contributed by atoms with Crippen LogP contribution in [0, 0.1) is 18.3 Å². The highest BCUT2D eigenvalue weighted by Crippen LogP contribution is 2.45.